The number of rotatable bonds is 3. The summed E-state index contributed by atoms with van der Waals surface area (Å²) in [5.41, 5.74) is 0. The van der Waals surface area contributed by atoms with Gasteiger partial charge in [0.2, 0.25) is 0 Å². The van der Waals surface area contributed by atoms with Crippen LogP contribution in [-0.2, 0) is 0 Å². The molecule has 0 aliphatic heterocycles. The van der Waals surface area contributed by atoms with E-state index >= 15 is 0 Å². The minimum atomic E-state index is -0.669. The summed E-state index contributed by atoms with van der Waals surface area (Å²) in [5.74, 6) is 0.452. The van der Waals surface area contributed by atoms with E-state index in [0.717, 1.165) is 4.32 Å². The lowest BCUT2D eigenvalue weighted by Crippen LogP contribution is -2.21. The highest BCUT2D eigenvalue weighted by Gasteiger charge is 2.05. The second kappa shape index (κ2) is 5.77. The lowest BCUT2D eigenvalue weighted by Gasteiger charge is -2.13. The van der Waals surface area contributed by atoms with Crippen LogP contribution in [0.1, 0.15) is 0 Å². The average molecular weight is 195 g/mol. The van der Waals surface area contributed by atoms with Gasteiger partial charge in [0.1, 0.15) is 4.32 Å². The summed E-state index contributed by atoms with van der Waals surface area (Å²) in [6, 6.07) is 0. The standard InChI is InChI=1S/C6H13NO2S2/c1-7(2)6(10)11-4-5(9)3-8/h5,8-9H,3-4H2,1-2H3/t5-/m1/s1. The van der Waals surface area contributed by atoms with Crippen LogP contribution in [0.2, 0.25) is 0 Å². The fraction of sp³-hybridized carbons (Fsp3) is 0.833. The molecule has 0 spiro atoms. The summed E-state index contributed by atoms with van der Waals surface area (Å²) in [6.07, 6.45) is -0.669. The van der Waals surface area contributed by atoms with Crippen LogP contribution in [-0.4, -0.2) is 52.0 Å². The van der Waals surface area contributed by atoms with E-state index in [4.69, 9.17) is 22.4 Å². The third kappa shape index (κ3) is 5.43. The van der Waals surface area contributed by atoms with Crippen molar-refractivity contribution >= 4 is 28.3 Å². The Kier molecular flexibility index (Phi) is 5.85. The van der Waals surface area contributed by atoms with Gasteiger partial charge in [-0.3, -0.25) is 0 Å². The largest absolute Gasteiger partial charge is 0.394 e. The summed E-state index contributed by atoms with van der Waals surface area (Å²) in [7, 11) is 3.70. The maximum absolute atomic E-state index is 8.94. The average Bonchev–Trinajstić information content (AvgIpc) is 1.99. The Morgan fingerprint density at radius 3 is 2.55 bits per heavy atom. The first-order valence-electron chi connectivity index (χ1n) is 3.21. The molecule has 0 radical (unpaired) electrons. The molecule has 1 atom stereocenters. The van der Waals surface area contributed by atoms with Crippen LogP contribution in [0.15, 0.2) is 0 Å². The Morgan fingerprint density at radius 2 is 2.18 bits per heavy atom. The molecule has 0 rings (SSSR count). The Bertz CT molecular complexity index is 130. The normalized spacial score (nSPS) is 12.7. The van der Waals surface area contributed by atoms with E-state index in [-0.39, 0.29) is 6.61 Å². The molecule has 0 aliphatic rings. The van der Waals surface area contributed by atoms with Gasteiger partial charge in [-0.15, -0.1) is 0 Å². The van der Waals surface area contributed by atoms with Crippen molar-refractivity contribution in [3.63, 3.8) is 0 Å². The van der Waals surface area contributed by atoms with Crippen LogP contribution in [0.4, 0.5) is 0 Å². The molecule has 0 amide bonds. The highest BCUT2D eigenvalue weighted by molar-refractivity contribution is 8.22. The van der Waals surface area contributed by atoms with Gasteiger partial charge in [-0.25, -0.2) is 0 Å². The number of thiocarbonyl (C=S) groups is 1. The van der Waals surface area contributed by atoms with Gasteiger partial charge in [-0.1, -0.05) is 24.0 Å². The van der Waals surface area contributed by atoms with Crippen LogP contribution >= 0.6 is 24.0 Å². The van der Waals surface area contributed by atoms with Crippen molar-refractivity contribution < 1.29 is 10.2 Å². The van der Waals surface area contributed by atoms with Crippen molar-refractivity contribution in [3.05, 3.63) is 0 Å². The molecule has 11 heavy (non-hydrogen) atoms. The van der Waals surface area contributed by atoms with E-state index in [1.165, 1.54) is 11.8 Å². The molecule has 0 bridgehead atoms. The van der Waals surface area contributed by atoms with E-state index in [1.54, 1.807) is 4.90 Å². The predicted octanol–water partition coefficient (Wildman–Crippen LogP) is -0.0807. The minimum absolute atomic E-state index is 0.205. The molecule has 0 unspecified atom stereocenters. The van der Waals surface area contributed by atoms with E-state index in [0.29, 0.717) is 5.75 Å². The van der Waals surface area contributed by atoms with Crippen LogP contribution < -0.4 is 0 Å². The number of aliphatic hydroxyl groups is 2. The monoisotopic (exact) mass is 195 g/mol. The number of thioether (sulfide) groups is 1. The van der Waals surface area contributed by atoms with Gasteiger partial charge in [0.25, 0.3) is 0 Å². The molecule has 0 aromatic carbocycles. The zero-order valence-corrected chi connectivity index (χ0v) is 8.28. The summed E-state index contributed by atoms with van der Waals surface area (Å²) in [5, 5.41) is 17.4. The number of aliphatic hydroxyl groups excluding tert-OH is 2. The van der Waals surface area contributed by atoms with E-state index in [1.807, 2.05) is 14.1 Å². The summed E-state index contributed by atoms with van der Waals surface area (Å²) in [4.78, 5) is 1.80. The van der Waals surface area contributed by atoms with Crippen molar-refractivity contribution in [2.24, 2.45) is 0 Å². The Hall–Kier alpha value is 0.160. The lowest BCUT2D eigenvalue weighted by atomic mass is 10.4. The van der Waals surface area contributed by atoms with E-state index in [2.05, 4.69) is 0 Å². The topological polar surface area (TPSA) is 43.7 Å². The lowest BCUT2D eigenvalue weighted by molar-refractivity contribution is 0.114. The number of nitrogens with zero attached hydrogens (tertiary/aromatic N) is 1. The second-order valence-corrected chi connectivity index (χ2v) is 3.96. The third-order valence-corrected chi connectivity index (χ3v) is 2.86. The molecule has 0 aromatic heterocycles. The minimum Gasteiger partial charge on any atom is -0.394 e. The number of hydrogen-bond donors (Lipinski definition) is 2. The first-order chi connectivity index (χ1) is 5.07. The van der Waals surface area contributed by atoms with Gasteiger partial charge < -0.3 is 15.1 Å². The Labute approximate surface area is 76.4 Å². The predicted molar refractivity (Wildman–Crippen MR) is 51.8 cm³/mol. The Balaban J connectivity index is 3.46. The highest BCUT2D eigenvalue weighted by atomic mass is 32.2. The molecule has 0 saturated carbocycles. The quantitative estimate of drug-likeness (QED) is 0.617. The van der Waals surface area contributed by atoms with Crippen molar-refractivity contribution in [2.75, 3.05) is 26.5 Å². The third-order valence-electron chi connectivity index (χ3n) is 0.975. The van der Waals surface area contributed by atoms with Crippen molar-refractivity contribution in [3.8, 4) is 0 Å². The zero-order valence-electron chi connectivity index (χ0n) is 6.65. The molecule has 0 aromatic rings. The van der Waals surface area contributed by atoms with Crippen LogP contribution in [0.3, 0.4) is 0 Å². The molecule has 0 fully saturated rings. The zero-order chi connectivity index (χ0) is 8.85. The summed E-state index contributed by atoms with van der Waals surface area (Å²) >= 11 is 6.30. The first kappa shape index (κ1) is 11.2. The summed E-state index contributed by atoms with van der Waals surface area (Å²) < 4.78 is 0.720. The van der Waals surface area contributed by atoms with Crippen molar-refractivity contribution in [2.45, 2.75) is 6.10 Å². The van der Waals surface area contributed by atoms with E-state index < -0.39 is 6.10 Å². The van der Waals surface area contributed by atoms with Crippen LogP contribution in [0.5, 0.6) is 0 Å². The first-order valence-corrected chi connectivity index (χ1v) is 4.60. The fourth-order valence-corrected chi connectivity index (χ4v) is 1.25. The maximum Gasteiger partial charge on any atom is 0.135 e. The van der Waals surface area contributed by atoms with Gasteiger partial charge in [0.05, 0.1) is 12.7 Å². The molecule has 0 heterocycles. The van der Waals surface area contributed by atoms with E-state index in [9.17, 15) is 0 Å². The highest BCUT2D eigenvalue weighted by Crippen LogP contribution is 2.07. The Morgan fingerprint density at radius 1 is 1.64 bits per heavy atom. The SMILES string of the molecule is CN(C)C(=S)SC[C@H](O)CO. The van der Waals surface area contributed by atoms with Crippen molar-refractivity contribution in [1.82, 2.24) is 4.90 Å². The molecule has 3 nitrogen and oxygen atoms in total. The van der Waals surface area contributed by atoms with Gasteiger partial charge in [0, 0.05) is 19.8 Å². The summed E-state index contributed by atoms with van der Waals surface area (Å²) in [6.45, 7) is -0.205. The van der Waals surface area contributed by atoms with Gasteiger partial charge in [-0.05, 0) is 0 Å². The van der Waals surface area contributed by atoms with Gasteiger partial charge in [-0.2, -0.15) is 0 Å². The molecule has 66 valence electrons. The van der Waals surface area contributed by atoms with Gasteiger partial charge >= 0.3 is 0 Å². The molecule has 2 N–H and O–H groups in total. The number of hydrogen-bond acceptors (Lipinski definition) is 4. The van der Waals surface area contributed by atoms with Crippen LogP contribution in [0, 0.1) is 0 Å². The fourth-order valence-electron chi connectivity index (χ4n) is 0.349. The van der Waals surface area contributed by atoms with Gasteiger partial charge in [0.15, 0.2) is 0 Å². The second-order valence-electron chi connectivity index (χ2n) is 2.31. The maximum atomic E-state index is 8.94. The van der Waals surface area contributed by atoms with Crippen LogP contribution in [0.25, 0.3) is 0 Å². The van der Waals surface area contributed by atoms with Crippen molar-refractivity contribution in [1.29, 1.82) is 0 Å². The molecule has 0 aliphatic carbocycles. The molecule has 5 heteroatoms. The molecular formula is C6H13NO2S2. The smallest absolute Gasteiger partial charge is 0.135 e. The molecule has 0 saturated heterocycles. The molecular weight excluding hydrogens is 182 g/mol.